The van der Waals surface area contributed by atoms with Crippen LogP contribution in [0.2, 0.25) is 0 Å². The van der Waals surface area contributed by atoms with Gasteiger partial charge in [-0.15, -0.1) is 0 Å². The molecule has 1 aliphatic heterocycles. The van der Waals surface area contributed by atoms with Gasteiger partial charge in [0.25, 0.3) is 0 Å². The van der Waals surface area contributed by atoms with Crippen molar-refractivity contribution in [3.63, 3.8) is 0 Å². The summed E-state index contributed by atoms with van der Waals surface area (Å²) in [6, 6.07) is -3.02. The number of hydrogen-bond donors (Lipinski definition) is 3. The van der Waals surface area contributed by atoms with Crippen molar-refractivity contribution in [2.24, 2.45) is 11.1 Å². The number of amides is 2. The molecular formula is C14H24F3N3O2. The van der Waals surface area contributed by atoms with Crippen molar-refractivity contribution in [3.05, 3.63) is 0 Å². The van der Waals surface area contributed by atoms with E-state index in [-0.39, 0.29) is 6.42 Å². The summed E-state index contributed by atoms with van der Waals surface area (Å²) < 4.78 is 38.6. The number of carbonyl (C=O) groups excluding carboxylic acids is 2. The predicted octanol–water partition coefficient (Wildman–Crippen LogP) is 1.47. The average molecular weight is 323 g/mol. The highest BCUT2D eigenvalue weighted by molar-refractivity contribution is 5.89. The fourth-order valence-corrected chi connectivity index (χ4v) is 2.64. The number of nitrogens with one attached hydrogen (secondary N) is 2. The Morgan fingerprint density at radius 1 is 1.27 bits per heavy atom. The van der Waals surface area contributed by atoms with Crippen LogP contribution in [0.5, 0.6) is 0 Å². The van der Waals surface area contributed by atoms with Crippen LogP contribution in [-0.2, 0) is 9.59 Å². The zero-order valence-corrected chi connectivity index (χ0v) is 13.1. The molecule has 0 aromatic heterocycles. The highest BCUT2D eigenvalue weighted by Crippen LogP contribution is 2.34. The Hall–Kier alpha value is -1.31. The number of carbonyl (C=O) groups is 2. The molecule has 0 aromatic carbocycles. The monoisotopic (exact) mass is 323 g/mol. The highest BCUT2D eigenvalue weighted by Gasteiger charge is 2.47. The fourth-order valence-electron chi connectivity index (χ4n) is 2.64. The van der Waals surface area contributed by atoms with Crippen molar-refractivity contribution in [3.8, 4) is 0 Å². The topological polar surface area (TPSA) is 84.2 Å². The van der Waals surface area contributed by atoms with Crippen molar-refractivity contribution < 1.29 is 22.8 Å². The number of piperidine rings is 1. The molecule has 1 heterocycles. The van der Waals surface area contributed by atoms with E-state index in [4.69, 9.17) is 5.73 Å². The molecule has 2 amide bonds. The molecule has 3 atom stereocenters. The van der Waals surface area contributed by atoms with Gasteiger partial charge in [0.05, 0.1) is 5.41 Å². The number of primary amides is 1. The Morgan fingerprint density at radius 2 is 1.82 bits per heavy atom. The van der Waals surface area contributed by atoms with Gasteiger partial charge in [-0.25, -0.2) is 0 Å². The Bertz CT molecular complexity index is 424. The van der Waals surface area contributed by atoms with E-state index in [0.29, 0.717) is 19.3 Å². The lowest BCUT2D eigenvalue weighted by molar-refractivity contribution is -0.167. The van der Waals surface area contributed by atoms with Crippen molar-refractivity contribution >= 4 is 11.8 Å². The molecule has 0 aliphatic carbocycles. The summed E-state index contributed by atoms with van der Waals surface area (Å²) in [4.78, 5) is 23.5. The van der Waals surface area contributed by atoms with E-state index in [1.165, 1.54) is 0 Å². The van der Waals surface area contributed by atoms with Gasteiger partial charge in [0.15, 0.2) is 0 Å². The molecule has 8 heteroatoms. The maximum atomic E-state index is 12.9. The maximum absolute atomic E-state index is 12.9. The number of halogens is 3. The smallest absolute Gasteiger partial charge is 0.368 e. The lowest BCUT2D eigenvalue weighted by atomic mass is 9.77. The molecule has 0 aromatic rings. The Balaban J connectivity index is 2.79. The minimum atomic E-state index is -4.33. The molecule has 1 fully saturated rings. The summed E-state index contributed by atoms with van der Waals surface area (Å²) >= 11 is 0. The van der Waals surface area contributed by atoms with Gasteiger partial charge in [0.1, 0.15) is 12.1 Å². The summed E-state index contributed by atoms with van der Waals surface area (Å²) in [6.45, 7) is 4.85. The van der Waals surface area contributed by atoms with Crippen LogP contribution in [0.25, 0.3) is 0 Å². The van der Waals surface area contributed by atoms with Crippen LogP contribution in [0.3, 0.4) is 0 Å². The molecule has 1 saturated heterocycles. The van der Waals surface area contributed by atoms with Crippen molar-refractivity contribution in [2.75, 3.05) is 0 Å². The molecule has 5 nitrogen and oxygen atoms in total. The molecular weight excluding hydrogens is 299 g/mol. The summed E-state index contributed by atoms with van der Waals surface area (Å²) in [5.74, 6) is -1.13. The quantitative estimate of drug-likeness (QED) is 0.716. The summed E-state index contributed by atoms with van der Waals surface area (Å²) in [7, 11) is 0. The number of rotatable bonds is 5. The van der Waals surface area contributed by atoms with Crippen LogP contribution in [0.1, 0.15) is 46.5 Å². The normalized spacial score (nSPS) is 24.6. The molecule has 0 spiro atoms. The first kappa shape index (κ1) is 18.7. The zero-order chi connectivity index (χ0) is 17.1. The van der Waals surface area contributed by atoms with Gasteiger partial charge < -0.3 is 16.4 Å². The fraction of sp³-hybridized carbons (Fsp3) is 0.857. The Morgan fingerprint density at radius 3 is 2.27 bits per heavy atom. The number of nitrogens with two attached hydrogens (primary N) is 1. The van der Waals surface area contributed by atoms with Gasteiger partial charge in [0, 0.05) is 6.04 Å². The molecule has 4 N–H and O–H groups in total. The van der Waals surface area contributed by atoms with E-state index in [9.17, 15) is 22.8 Å². The second-order valence-corrected chi connectivity index (χ2v) is 6.30. The van der Waals surface area contributed by atoms with E-state index in [1.807, 2.05) is 0 Å². The Kier molecular flexibility index (Phi) is 5.83. The van der Waals surface area contributed by atoms with Crippen LogP contribution in [-0.4, -0.2) is 36.1 Å². The van der Waals surface area contributed by atoms with E-state index in [0.717, 1.165) is 0 Å². The first-order chi connectivity index (χ1) is 10.00. The molecule has 22 heavy (non-hydrogen) atoms. The van der Waals surface area contributed by atoms with Crippen LogP contribution < -0.4 is 16.4 Å². The van der Waals surface area contributed by atoms with Gasteiger partial charge in [-0.1, -0.05) is 6.92 Å². The van der Waals surface area contributed by atoms with Crippen LogP contribution >= 0.6 is 0 Å². The van der Waals surface area contributed by atoms with Crippen molar-refractivity contribution in [1.82, 2.24) is 10.6 Å². The SMILES string of the molecule is CCC(NC(=O)C(C)(C)[C@@H]1CCC[C@H](C(F)(F)F)N1)C(N)=O. The van der Waals surface area contributed by atoms with E-state index < -0.39 is 41.5 Å². The summed E-state index contributed by atoms with van der Waals surface area (Å²) in [5.41, 5.74) is 4.10. The molecule has 128 valence electrons. The minimum Gasteiger partial charge on any atom is -0.368 e. The molecule has 1 rings (SSSR count). The summed E-state index contributed by atoms with van der Waals surface area (Å²) in [5, 5.41) is 5.06. The third-order valence-electron chi connectivity index (χ3n) is 4.30. The van der Waals surface area contributed by atoms with Crippen LogP contribution in [0, 0.1) is 5.41 Å². The lowest BCUT2D eigenvalue weighted by Crippen LogP contribution is -2.60. The molecule has 1 unspecified atom stereocenters. The van der Waals surface area contributed by atoms with E-state index >= 15 is 0 Å². The van der Waals surface area contributed by atoms with Gasteiger partial charge >= 0.3 is 6.18 Å². The third kappa shape index (κ3) is 4.34. The zero-order valence-electron chi connectivity index (χ0n) is 13.1. The molecule has 0 bridgehead atoms. The van der Waals surface area contributed by atoms with Crippen LogP contribution in [0.15, 0.2) is 0 Å². The highest BCUT2D eigenvalue weighted by atomic mass is 19.4. The molecule has 0 saturated carbocycles. The number of alkyl halides is 3. The third-order valence-corrected chi connectivity index (χ3v) is 4.30. The largest absolute Gasteiger partial charge is 0.403 e. The standard InChI is InChI=1S/C14H24F3N3O2/c1-4-8(11(18)21)19-12(22)13(2,3)9-6-5-7-10(20-9)14(15,16)17/h8-10,20H,4-7H2,1-3H3,(H2,18,21)(H,19,22)/t8?,9-,10+/m0/s1. The summed E-state index contributed by atoms with van der Waals surface area (Å²) in [6.07, 6.45) is -3.12. The predicted molar refractivity (Wildman–Crippen MR) is 75.8 cm³/mol. The average Bonchev–Trinajstić information content (AvgIpc) is 2.43. The van der Waals surface area contributed by atoms with Crippen molar-refractivity contribution in [1.29, 1.82) is 0 Å². The number of hydrogen-bond acceptors (Lipinski definition) is 3. The van der Waals surface area contributed by atoms with E-state index in [2.05, 4.69) is 10.6 Å². The van der Waals surface area contributed by atoms with Gasteiger partial charge in [-0.05, 0) is 39.5 Å². The molecule has 0 radical (unpaired) electrons. The van der Waals surface area contributed by atoms with Gasteiger partial charge in [0.2, 0.25) is 11.8 Å². The molecule has 1 aliphatic rings. The second kappa shape index (κ2) is 6.85. The van der Waals surface area contributed by atoms with Gasteiger partial charge in [-0.2, -0.15) is 13.2 Å². The van der Waals surface area contributed by atoms with E-state index in [1.54, 1.807) is 20.8 Å². The van der Waals surface area contributed by atoms with Crippen LogP contribution in [0.4, 0.5) is 13.2 Å². The Labute approximate surface area is 128 Å². The lowest BCUT2D eigenvalue weighted by Gasteiger charge is -2.40. The maximum Gasteiger partial charge on any atom is 0.403 e. The first-order valence-electron chi connectivity index (χ1n) is 7.43. The second-order valence-electron chi connectivity index (χ2n) is 6.30. The van der Waals surface area contributed by atoms with Gasteiger partial charge in [-0.3, -0.25) is 9.59 Å². The van der Waals surface area contributed by atoms with Crippen molar-refractivity contribution in [2.45, 2.75) is 70.8 Å². The first-order valence-corrected chi connectivity index (χ1v) is 7.43. The minimum absolute atomic E-state index is 0.0105.